The van der Waals surface area contributed by atoms with Crippen LogP contribution in [0.5, 0.6) is 0 Å². The molecule has 0 aliphatic rings. The van der Waals surface area contributed by atoms with Crippen LogP contribution >= 0.6 is 0 Å². The molecule has 1 amide bonds. The molecule has 1 rings (SSSR count). The second-order valence-electron chi connectivity index (χ2n) is 4.43. The standard InChI is InChI=1S/C14H23N3O2/c1-2-17(10-11-18)9-3-4-14(19)16-13-7-5-12(15)6-8-13/h5-8,18H,2-4,9-11,15H2,1H3,(H,16,19). The largest absolute Gasteiger partial charge is 0.399 e. The number of likely N-dealkylation sites (N-methyl/N-ethyl adjacent to an activating group) is 1. The Hall–Kier alpha value is -1.59. The van der Waals surface area contributed by atoms with E-state index in [1.807, 2.05) is 6.92 Å². The lowest BCUT2D eigenvalue weighted by atomic mass is 10.2. The van der Waals surface area contributed by atoms with Crippen molar-refractivity contribution < 1.29 is 9.90 Å². The average molecular weight is 265 g/mol. The van der Waals surface area contributed by atoms with Gasteiger partial charge in [0.2, 0.25) is 5.91 Å². The molecule has 0 aliphatic carbocycles. The maximum Gasteiger partial charge on any atom is 0.224 e. The van der Waals surface area contributed by atoms with E-state index < -0.39 is 0 Å². The average Bonchev–Trinajstić information content (AvgIpc) is 2.40. The molecule has 0 bridgehead atoms. The van der Waals surface area contributed by atoms with E-state index in [2.05, 4.69) is 10.2 Å². The third-order valence-corrected chi connectivity index (χ3v) is 2.94. The lowest BCUT2D eigenvalue weighted by molar-refractivity contribution is -0.116. The van der Waals surface area contributed by atoms with Crippen LogP contribution in [0.15, 0.2) is 24.3 Å². The molecule has 1 aromatic carbocycles. The van der Waals surface area contributed by atoms with Gasteiger partial charge in [0.25, 0.3) is 0 Å². The Morgan fingerprint density at radius 2 is 2.00 bits per heavy atom. The number of nitrogens with one attached hydrogen (secondary N) is 1. The molecule has 5 nitrogen and oxygen atoms in total. The number of nitrogen functional groups attached to an aromatic ring is 1. The predicted molar refractivity (Wildman–Crippen MR) is 77.9 cm³/mol. The Kier molecular flexibility index (Phi) is 6.92. The smallest absolute Gasteiger partial charge is 0.224 e. The Balaban J connectivity index is 2.26. The molecule has 0 atom stereocenters. The Morgan fingerprint density at radius 1 is 1.32 bits per heavy atom. The van der Waals surface area contributed by atoms with Crippen LogP contribution in [-0.2, 0) is 4.79 Å². The summed E-state index contributed by atoms with van der Waals surface area (Å²) < 4.78 is 0. The van der Waals surface area contributed by atoms with Crippen LogP contribution in [-0.4, -0.2) is 42.2 Å². The van der Waals surface area contributed by atoms with E-state index >= 15 is 0 Å². The van der Waals surface area contributed by atoms with Crippen molar-refractivity contribution in [3.8, 4) is 0 Å². The van der Waals surface area contributed by atoms with Crippen LogP contribution in [0.4, 0.5) is 11.4 Å². The fourth-order valence-corrected chi connectivity index (χ4v) is 1.82. The minimum atomic E-state index is 0.00447. The minimum Gasteiger partial charge on any atom is -0.399 e. The first-order chi connectivity index (χ1) is 9.15. The van der Waals surface area contributed by atoms with E-state index in [0.717, 1.165) is 25.2 Å². The van der Waals surface area contributed by atoms with Crippen molar-refractivity contribution in [2.75, 3.05) is 37.3 Å². The van der Waals surface area contributed by atoms with E-state index in [0.29, 0.717) is 18.7 Å². The summed E-state index contributed by atoms with van der Waals surface area (Å²) in [5, 5.41) is 11.7. The van der Waals surface area contributed by atoms with Gasteiger partial charge >= 0.3 is 0 Å². The summed E-state index contributed by atoms with van der Waals surface area (Å²) in [6.45, 7) is 4.58. The van der Waals surface area contributed by atoms with Gasteiger partial charge in [-0.05, 0) is 43.8 Å². The first kappa shape index (κ1) is 15.5. The van der Waals surface area contributed by atoms with Gasteiger partial charge in [0.15, 0.2) is 0 Å². The summed E-state index contributed by atoms with van der Waals surface area (Å²) in [5.74, 6) is 0.00447. The predicted octanol–water partition coefficient (Wildman–Crippen LogP) is 1.30. The monoisotopic (exact) mass is 265 g/mol. The molecule has 5 heteroatoms. The van der Waals surface area contributed by atoms with Gasteiger partial charge in [-0.1, -0.05) is 6.92 Å². The molecule has 19 heavy (non-hydrogen) atoms. The number of nitrogens with zero attached hydrogens (tertiary/aromatic N) is 1. The molecule has 0 radical (unpaired) electrons. The highest BCUT2D eigenvalue weighted by atomic mass is 16.3. The van der Waals surface area contributed by atoms with E-state index in [-0.39, 0.29) is 12.5 Å². The summed E-state index contributed by atoms with van der Waals surface area (Å²) in [6, 6.07) is 7.10. The van der Waals surface area contributed by atoms with E-state index in [9.17, 15) is 4.79 Å². The summed E-state index contributed by atoms with van der Waals surface area (Å²) >= 11 is 0. The van der Waals surface area contributed by atoms with Gasteiger partial charge < -0.3 is 21.1 Å². The van der Waals surface area contributed by atoms with Gasteiger partial charge in [0.05, 0.1) is 6.61 Å². The number of benzene rings is 1. The highest BCUT2D eigenvalue weighted by molar-refractivity contribution is 5.90. The summed E-state index contributed by atoms with van der Waals surface area (Å²) in [6.07, 6.45) is 1.26. The lowest BCUT2D eigenvalue weighted by Crippen LogP contribution is -2.28. The van der Waals surface area contributed by atoms with Crippen molar-refractivity contribution >= 4 is 17.3 Å². The van der Waals surface area contributed by atoms with E-state index in [4.69, 9.17) is 10.8 Å². The van der Waals surface area contributed by atoms with Crippen molar-refractivity contribution in [3.63, 3.8) is 0 Å². The molecule has 1 aromatic rings. The lowest BCUT2D eigenvalue weighted by Gasteiger charge is -2.18. The summed E-state index contributed by atoms with van der Waals surface area (Å²) in [7, 11) is 0. The van der Waals surface area contributed by atoms with Gasteiger partial charge in [0.1, 0.15) is 0 Å². The van der Waals surface area contributed by atoms with Crippen LogP contribution in [0.3, 0.4) is 0 Å². The Morgan fingerprint density at radius 3 is 2.58 bits per heavy atom. The van der Waals surface area contributed by atoms with Crippen LogP contribution < -0.4 is 11.1 Å². The van der Waals surface area contributed by atoms with Gasteiger partial charge in [-0.15, -0.1) is 0 Å². The molecule has 106 valence electrons. The number of aliphatic hydroxyl groups excluding tert-OH is 1. The quantitative estimate of drug-likeness (QED) is 0.619. The van der Waals surface area contributed by atoms with Crippen LogP contribution in [0.2, 0.25) is 0 Å². The summed E-state index contributed by atoms with van der Waals surface area (Å²) in [5.41, 5.74) is 7.02. The molecule has 0 saturated carbocycles. The maximum absolute atomic E-state index is 11.7. The number of carbonyl (C=O) groups excluding carboxylic acids is 1. The SMILES string of the molecule is CCN(CCO)CCCC(=O)Nc1ccc(N)cc1. The molecule has 0 aliphatic heterocycles. The third kappa shape index (κ3) is 6.22. The third-order valence-electron chi connectivity index (χ3n) is 2.94. The Labute approximate surface area is 114 Å². The maximum atomic E-state index is 11.7. The van der Waals surface area contributed by atoms with Crippen molar-refractivity contribution in [3.05, 3.63) is 24.3 Å². The molecule has 0 heterocycles. The highest BCUT2D eigenvalue weighted by Gasteiger charge is 2.05. The molecule has 0 fully saturated rings. The van der Waals surface area contributed by atoms with Crippen LogP contribution in [0.1, 0.15) is 19.8 Å². The van der Waals surface area contributed by atoms with Crippen molar-refractivity contribution in [1.29, 1.82) is 0 Å². The molecular formula is C14H23N3O2. The molecule has 0 aromatic heterocycles. The fourth-order valence-electron chi connectivity index (χ4n) is 1.82. The number of nitrogens with two attached hydrogens (primary N) is 1. The van der Waals surface area contributed by atoms with Crippen LogP contribution in [0.25, 0.3) is 0 Å². The number of carbonyl (C=O) groups is 1. The van der Waals surface area contributed by atoms with Gasteiger partial charge in [0, 0.05) is 24.3 Å². The highest BCUT2D eigenvalue weighted by Crippen LogP contribution is 2.11. The number of anilines is 2. The Bertz CT molecular complexity index is 379. The molecule has 0 saturated heterocycles. The minimum absolute atomic E-state index is 0.00447. The normalized spacial score (nSPS) is 10.7. The topological polar surface area (TPSA) is 78.6 Å². The van der Waals surface area contributed by atoms with E-state index in [1.165, 1.54) is 0 Å². The van der Waals surface area contributed by atoms with Crippen LogP contribution in [0, 0.1) is 0 Å². The number of aliphatic hydroxyl groups is 1. The number of hydrogen-bond donors (Lipinski definition) is 3. The number of amides is 1. The second-order valence-corrected chi connectivity index (χ2v) is 4.43. The zero-order chi connectivity index (χ0) is 14.1. The zero-order valence-electron chi connectivity index (χ0n) is 11.4. The number of hydrogen-bond acceptors (Lipinski definition) is 4. The van der Waals surface area contributed by atoms with E-state index in [1.54, 1.807) is 24.3 Å². The van der Waals surface area contributed by atoms with Crippen molar-refractivity contribution in [1.82, 2.24) is 4.90 Å². The van der Waals surface area contributed by atoms with Crippen molar-refractivity contribution in [2.24, 2.45) is 0 Å². The molecule has 4 N–H and O–H groups in total. The second kappa shape index (κ2) is 8.50. The molecule has 0 unspecified atom stereocenters. The van der Waals surface area contributed by atoms with Gasteiger partial charge in [-0.3, -0.25) is 4.79 Å². The zero-order valence-corrected chi connectivity index (χ0v) is 11.4. The van der Waals surface area contributed by atoms with Gasteiger partial charge in [-0.25, -0.2) is 0 Å². The first-order valence-electron chi connectivity index (χ1n) is 6.64. The van der Waals surface area contributed by atoms with Gasteiger partial charge in [-0.2, -0.15) is 0 Å². The first-order valence-corrected chi connectivity index (χ1v) is 6.64. The number of rotatable bonds is 8. The fraction of sp³-hybridized carbons (Fsp3) is 0.500. The van der Waals surface area contributed by atoms with Crippen molar-refractivity contribution in [2.45, 2.75) is 19.8 Å². The summed E-state index contributed by atoms with van der Waals surface area (Å²) in [4.78, 5) is 13.8. The molecular weight excluding hydrogens is 242 g/mol. The molecule has 0 spiro atoms.